The third-order valence-corrected chi connectivity index (χ3v) is 6.25. The number of rotatable bonds is 3. The smallest absolute Gasteiger partial charge is 0.336 e. The Morgan fingerprint density at radius 3 is 2.26 bits per heavy atom. The van der Waals surface area contributed by atoms with Gasteiger partial charge >= 0.3 is 5.97 Å². The second kappa shape index (κ2) is 7.32. The molecule has 0 radical (unpaired) electrons. The van der Waals surface area contributed by atoms with E-state index in [0.717, 1.165) is 0 Å². The van der Waals surface area contributed by atoms with Crippen molar-refractivity contribution in [2.45, 2.75) is 12.8 Å². The Morgan fingerprint density at radius 2 is 1.65 bits per heavy atom. The summed E-state index contributed by atoms with van der Waals surface area (Å²) in [6, 6.07) is 13.4. The number of hydrogen-bond acceptors (Lipinski definition) is 4. The van der Waals surface area contributed by atoms with E-state index in [-0.39, 0.29) is 29.2 Å². The van der Waals surface area contributed by atoms with Crippen LogP contribution in [0.4, 0.5) is 5.69 Å². The van der Waals surface area contributed by atoms with Gasteiger partial charge in [0.05, 0.1) is 39.3 Å². The van der Waals surface area contributed by atoms with Crippen LogP contribution in [0.1, 0.15) is 23.2 Å². The van der Waals surface area contributed by atoms with E-state index in [1.807, 2.05) is 12.2 Å². The molecule has 3 aromatic rings. The largest absolute Gasteiger partial charge is 0.478 e. The molecule has 5 rings (SSSR count). The lowest BCUT2D eigenvalue weighted by Gasteiger charge is -2.15. The number of pyridine rings is 1. The van der Waals surface area contributed by atoms with Crippen LogP contribution < -0.4 is 4.90 Å². The summed E-state index contributed by atoms with van der Waals surface area (Å²) in [5.74, 6) is -2.00. The highest BCUT2D eigenvalue weighted by atomic mass is 35.5. The average molecular weight is 433 g/mol. The van der Waals surface area contributed by atoms with Crippen LogP contribution in [0.2, 0.25) is 5.02 Å². The van der Waals surface area contributed by atoms with Crippen molar-refractivity contribution in [2.75, 3.05) is 4.90 Å². The van der Waals surface area contributed by atoms with E-state index < -0.39 is 5.97 Å². The van der Waals surface area contributed by atoms with Gasteiger partial charge in [-0.05, 0) is 37.1 Å². The minimum atomic E-state index is -1.07. The molecule has 2 atom stereocenters. The predicted molar refractivity (Wildman–Crippen MR) is 117 cm³/mol. The summed E-state index contributed by atoms with van der Waals surface area (Å²) < 4.78 is 0. The van der Waals surface area contributed by atoms with E-state index in [0.29, 0.717) is 45.7 Å². The van der Waals surface area contributed by atoms with Crippen molar-refractivity contribution in [2.24, 2.45) is 11.8 Å². The van der Waals surface area contributed by atoms with Crippen LogP contribution >= 0.6 is 11.6 Å². The standard InChI is InChI=1S/C24H17ClN2O4/c25-19-7-3-6-15-18(24(30)31)12-20(26-21(15)19)13-8-10-14(11-9-13)27-22(28)16-4-1-2-5-17(16)23(27)29/h1-3,6-12,16-17H,4-5H2,(H,30,31)/t16-,17-/m1/s1. The zero-order valence-electron chi connectivity index (χ0n) is 16.3. The molecule has 1 fully saturated rings. The molecule has 0 spiro atoms. The van der Waals surface area contributed by atoms with Crippen LogP contribution in [0.3, 0.4) is 0 Å². The maximum atomic E-state index is 12.8. The lowest BCUT2D eigenvalue weighted by molar-refractivity contribution is -0.122. The van der Waals surface area contributed by atoms with Crippen molar-refractivity contribution in [3.05, 3.63) is 71.3 Å². The summed E-state index contributed by atoms with van der Waals surface area (Å²) in [6.07, 6.45) is 5.08. The third-order valence-electron chi connectivity index (χ3n) is 5.95. The van der Waals surface area contributed by atoms with Crippen LogP contribution in [0.5, 0.6) is 0 Å². The molecule has 0 unspecified atom stereocenters. The van der Waals surface area contributed by atoms with Gasteiger partial charge in [-0.2, -0.15) is 0 Å². The summed E-state index contributed by atoms with van der Waals surface area (Å²) in [6.45, 7) is 0. The van der Waals surface area contributed by atoms with Crippen molar-refractivity contribution in [3.8, 4) is 11.3 Å². The molecule has 1 aromatic heterocycles. The van der Waals surface area contributed by atoms with Crippen LogP contribution in [0, 0.1) is 11.8 Å². The normalized spacial score (nSPS) is 20.4. The summed E-state index contributed by atoms with van der Waals surface area (Å²) in [7, 11) is 0. The van der Waals surface area contributed by atoms with Crippen molar-refractivity contribution in [1.82, 2.24) is 4.98 Å². The molecule has 31 heavy (non-hydrogen) atoms. The molecule has 1 N–H and O–H groups in total. The Hall–Kier alpha value is -3.51. The number of amides is 2. The zero-order valence-corrected chi connectivity index (χ0v) is 17.0. The molecular formula is C24H17ClN2O4. The minimum absolute atomic E-state index is 0.105. The number of fused-ring (bicyclic) bond motifs is 2. The minimum Gasteiger partial charge on any atom is -0.478 e. The molecule has 7 heteroatoms. The number of imide groups is 1. The summed E-state index contributed by atoms with van der Waals surface area (Å²) in [4.78, 5) is 43.2. The number of carboxylic acids is 1. The number of para-hydroxylation sites is 1. The second-order valence-corrected chi connectivity index (χ2v) is 8.12. The van der Waals surface area contributed by atoms with E-state index >= 15 is 0 Å². The van der Waals surface area contributed by atoms with Crippen molar-refractivity contribution in [3.63, 3.8) is 0 Å². The van der Waals surface area contributed by atoms with E-state index in [1.165, 1.54) is 11.0 Å². The molecule has 1 aliphatic heterocycles. The number of aromatic nitrogens is 1. The molecule has 2 amide bonds. The third kappa shape index (κ3) is 3.11. The average Bonchev–Trinajstić information content (AvgIpc) is 3.04. The van der Waals surface area contributed by atoms with E-state index in [1.54, 1.807) is 42.5 Å². The molecule has 1 saturated heterocycles. The van der Waals surface area contributed by atoms with Gasteiger partial charge < -0.3 is 5.11 Å². The first-order valence-electron chi connectivity index (χ1n) is 9.91. The highest BCUT2D eigenvalue weighted by molar-refractivity contribution is 6.35. The van der Waals surface area contributed by atoms with E-state index in [4.69, 9.17) is 11.6 Å². The highest BCUT2D eigenvalue weighted by Crippen LogP contribution is 2.38. The maximum absolute atomic E-state index is 12.8. The van der Waals surface area contributed by atoms with Crippen molar-refractivity contribution >= 4 is 46.0 Å². The topological polar surface area (TPSA) is 87.6 Å². The van der Waals surface area contributed by atoms with Crippen LogP contribution in [-0.2, 0) is 9.59 Å². The number of hydrogen-bond donors (Lipinski definition) is 1. The fourth-order valence-corrected chi connectivity index (χ4v) is 4.59. The molecular weight excluding hydrogens is 416 g/mol. The first-order valence-corrected chi connectivity index (χ1v) is 10.3. The van der Waals surface area contributed by atoms with Gasteiger partial charge in [0.1, 0.15) is 0 Å². The number of nitrogens with zero attached hydrogens (tertiary/aromatic N) is 2. The summed E-state index contributed by atoms with van der Waals surface area (Å²) >= 11 is 6.25. The highest BCUT2D eigenvalue weighted by Gasteiger charge is 2.47. The first-order chi connectivity index (χ1) is 15.0. The Balaban J connectivity index is 1.53. The Bertz CT molecular complexity index is 1260. The van der Waals surface area contributed by atoms with Gasteiger partial charge in [0.15, 0.2) is 0 Å². The van der Waals surface area contributed by atoms with Gasteiger partial charge in [-0.15, -0.1) is 0 Å². The summed E-state index contributed by atoms with van der Waals surface area (Å²) in [5, 5.41) is 10.5. The fraction of sp³-hybridized carbons (Fsp3) is 0.167. The van der Waals surface area contributed by atoms with Gasteiger partial charge in [-0.1, -0.05) is 48.0 Å². The zero-order chi connectivity index (χ0) is 21.7. The number of anilines is 1. The fourth-order valence-electron chi connectivity index (χ4n) is 4.37. The van der Waals surface area contributed by atoms with Crippen molar-refractivity contribution in [1.29, 1.82) is 0 Å². The Kier molecular flexibility index (Phi) is 4.59. The lowest BCUT2D eigenvalue weighted by atomic mass is 9.85. The first kappa shape index (κ1) is 19.5. The van der Waals surface area contributed by atoms with Crippen LogP contribution in [-0.4, -0.2) is 27.9 Å². The maximum Gasteiger partial charge on any atom is 0.336 e. The van der Waals surface area contributed by atoms with Gasteiger partial charge in [-0.25, -0.2) is 9.78 Å². The van der Waals surface area contributed by atoms with Crippen LogP contribution in [0.25, 0.3) is 22.2 Å². The number of halogens is 1. The van der Waals surface area contributed by atoms with Gasteiger partial charge in [0.25, 0.3) is 0 Å². The monoisotopic (exact) mass is 432 g/mol. The lowest BCUT2D eigenvalue weighted by Crippen LogP contribution is -2.30. The van der Waals surface area contributed by atoms with Gasteiger partial charge in [-0.3, -0.25) is 14.5 Å². The van der Waals surface area contributed by atoms with Crippen LogP contribution in [0.15, 0.2) is 60.7 Å². The number of allylic oxidation sites excluding steroid dienone is 2. The second-order valence-electron chi connectivity index (χ2n) is 7.71. The molecule has 154 valence electrons. The number of carboxylic acid groups (broad SMARTS) is 1. The molecule has 0 saturated carbocycles. The predicted octanol–water partition coefficient (Wildman–Crippen LogP) is 4.71. The molecule has 2 heterocycles. The number of carbonyl (C=O) groups is 3. The van der Waals surface area contributed by atoms with Gasteiger partial charge in [0.2, 0.25) is 11.8 Å². The number of aromatic carboxylic acids is 1. The Labute approximate surface area is 182 Å². The molecule has 6 nitrogen and oxygen atoms in total. The molecule has 0 bridgehead atoms. The van der Waals surface area contributed by atoms with E-state index in [9.17, 15) is 19.5 Å². The SMILES string of the molecule is O=C(O)c1cc(-c2ccc(N3C(=O)[C@@H]4CC=CC[C@H]4C3=O)cc2)nc2c(Cl)cccc12. The van der Waals surface area contributed by atoms with E-state index in [2.05, 4.69) is 4.98 Å². The quantitative estimate of drug-likeness (QED) is 0.478. The summed E-state index contributed by atoms with van der Waals surface area (Å²) in [5.41, 5.74) is 2.12. The van der Waals surface area contributed by atoms with Gasteiger partial charge in [0, 0.05) is 10.9 Å². The van der Waals surface area contributed by atoms with Crippen molar-refractivity contribution < 1.29 is 19.5 Å². The Morgan fingerprint density at radius 1 is 1.00 bits per heavy atom. The number of benzene rings is 2. The molecule has 2 aliphatic rings. The molecule has 2 aromatic carbocycles. The number of carbonyl (C=O) groups excluding carboxylic acids is 2. The molecule has 1 aliphatic carbocycles.